The molecule has 0 fully saturated rings. The van der Waals surface area contributed by atoms with Gasteiger partial charge in [-0.25, -0.2) is 4.79 Å². The van der Waals surface area contributed by atoms with Gasteiger partial charge in [0.15, 0.2) is 0 Å². The van der Waals surface area contributed by atoms with Gasteiger partial charge in [0.1, 0.15) is 5.25 Å². The Kier molecular flexibility index (Phi) is 6.11. The van der Waals surface area contributed by atoms with Crippen LogP contribution in [0.1, 0.15) is 22.8 Å². The molecule has 0 heterocycles. The monoisotopic (exact) mass is 365 g/mol. The van der Waals surface area contributed by atoms with Gasteiger partial charge in [-0.15, -0.1) is 0 Å². The zero-order chi connectivity index (χ0) is 17.7. The van der Waals surface area contributed by atoms with E-state index in [4.69, 9.17) is 16.7 Å². The molecule has 0 aliphatic rings. The molecule has 5 nitrogen and oxygen atoms in total. The standard InChI is InChI=1S/C17H16ClNO4S/c1-11(16(20)19-15-8-3-2-7-14(15)18)24(23)10-12-5-4-6-13(9-12)17(21)22/h2-9,11H,10H2,1H3,(H,19,20)(H,21,22). The first-order valence-corrected chi connectivity index (χ1v) is 8.89. The van der Waals surface area contributed by atoms with Crippen LogP contribution in [0, 0.1) is 0 Å². The van der Waals surface area contributed by atoms with Gasteiger partial charge in [-0.2, -0.15) is 0 Å². The number of para-hydroxylation sites is 1. The first-order chi connectivity index (χ1) is 11.4. The van der Waals surface area contributed by atoms with Gasteiger partial charge in [0.2, 0.25) is 5.91 Å². The second-order valence-electron chi connectivity index (χ2n) is 5.14. The molecule has 2 atom stereocenters. The number of carboxylic acids is 1. The highest BCUT2D eigenvalue weighted by Gasteiger charge is 2.21. The van der Waals surface area contributed by atoms with Crippen molar-refractivity contribution in [1.29, 1.82) is 0 Å². The minimum absolute atomic E-state index is 0.0955. The molecule has 0 saturated heterocycles. The maximum Gasteiger partial charge on any atom is 0.335 e. The second-order valence-corrected chi connectivity index (χ2v) is 7.31. The fourth-order valence-corrected chi connectivity index (χ4v) is 3.24. The molecule has 0 spiro atoms. The Morgan fingerprint density at radius 2 is 1.92 bits per heavy atom. The zero-order valence-corrected chi connectivity index (χ0v) is 14.4. The maximum absolute atomic E-state index is 12.4. The van der Waals surface area contributed by atoms with Crippen LogP contribution in [-0.2, 0) is 21.3 Å². The number of amides is 1. The molecule has 2 aromatic rings. The molecule has 126 valence electrons. The summed E-state index contributed by atoms with van der Waals surface area (Å²) in [5.74, 6) is -1.36. The van der Waals surface area contributed by atoms with Gasteiger partial charge in [-0.1, -0.05) is 35.9 Å². The first kappa shape index (κ1) is 18.2. The molecule has 1 amide bonds. The number of halogens is 1. The van der Waals surface area contributed by atoms with Crippen LogP contribution < -0.4 is 5.32 Å². The lowest BCUT2D eigenvalue weighted by Crippen LogP contribution is -2.29. The molecule has 0 aliphatic carbocycles. The molecular formula is C17H16ClNO4S. The van der Waals surface area contributed by atoms with Crippen molar-refractivity contribution < 1.29 is 18.9 Å². The van der Waals surface area contributed by atoms with E-state index in [0.717, 1.165) is 0 Å². The van der Waals surface area contributed by atoms with E-state index in [9.17, 15) is 13.8 Å². The Hall–Kier alpha value is -2.18. The minimum atomic E-state index is -1.50. The highest BCUT2D eigenvalue weighted by atomic mass is 35.5. The van der Waals surface area contributed by atoms with Crippen molar-refractivity contribution >= 4 is 40.0 Å². The van der Waals surface area contributed by atoms with Crippen LogP contribution in [0.25, 0.3) is 0 Å². The Bertz CT molecular complexity index is 794. The summed E-state index contributed by atoms with van der Waals surface area (Å²) in [6.07, 6.45) is 0. The third-order valence-corrected chi connectivity index (χ3v) is 5.33. The average molecular weight is 366 g/mol. The van der Waals surface area contributed by atoms with Crippen LogP contribution in [0.3, 0.4) is 0 Å². The summed E-state index contributed by atoms with van der Waals surface area (Å²) in [5.41, 5.74) is 1.18. The number of carbonyl (C=O) groups is 2. The fraction of sp³-hybridized carbons (Fsp3) is 0.176. The molecular weight excluding hydrogens is 350 g/mol. The van der Waals surface area contributed by atoms with E-state index in [-0.39, 0.29) is 11.3 Å². The number of rotatable bonds is 6. The summed E-state index contributed by atoms with van der Waals surface area (Å²) in [5, 5.41) is 11.3. The molecule has 0 radical (unpaired) electrons. The van der Waals surface area contributed by atoms with Gasteiger partial charge in [0, 0.05) is 16.6 Å². The van der Waals surface area contributed by atoms with Crippen molar-refractivity contribution in [2.45, 2.75) is 17.9 Å². The van der Waals surface area contributed by atoms with Crippen LogP contribution >= 0.6 is 11.6 Å². The van der Waals surface area contributed by atoms with Crippen molar-refractivity contribution in [2.24, 2.45) is 0 Å². The van der Waals surface area contributed by atoms with Gasteiger partial charge in [0.25, 0.3) is 0 Å². The Balaban J connectivity index is 2.04. The largest absolute Gasteiger partial charge is 0.478 e. The quantitative estimate of drug-likeness (QED) is 0.822. The van der Waals surface area contributed by atoms with Crippen molar-refractivity contribution in [3.63, 3.8) is 0 Å². The lowest BCUT2D eigenvalue weighted by molar-refractivity contribution is -0.115. The van der Waals surface area contributed by atoms with Crippen LogP contribution in [0.4, 0.5) is 5.69 Å². The van der Waals surface area contributed by atoms with Gasteiger partial charge < -0.3 is 10.4 Å². The SMILES string of the molecule is CC(C(=O)Nc1ccccc1Cl)S(=O)Cc1cccc(C(=O)O)c1. The van der Waals surface area contributed by atoms with Gasteiger partial charge in [0.05, 0.1) is 16.3 Å². The Morgan fingerprint density at radius 1 is 1.21 bits per heavy atom. The van der Waals surface area contributed by atoms with Crippen LogP contribution in [0.5, 0.6) is 0 Å². The number of anilines is 1. The van der Waals surface area contributed by atoms with E-state index in [1.54, 1.807) is 43.3 Å². The summed E-state index contributed by atoms with van der Waals surface area (Å²) >= 11 is 5.98. The van der Waals surface area contributed by atoms with Crippen LogP contribution in [-0.4, -0.2) is 26.4 Å². The molecule has 0 aromatic heterocycles. The lowest BCUT2D eigenvalue weighted by Gasteiger charge is -2.13. The molecule has 7 heteroatoms. The molecule has 2 N–H and O–H groups in total. The number of hydrogen-bond donors (Lipinski definition) is 2. The number of nitrogens with one attached hydrogen (secondary N) is 1. The topological polar surface area (TPSA) is 83.5 Å². The smallest absolute Gasteiger partial charge is 0.335 e. The summed E-state index contributed by atoms with van der Waals surface area (Å²) in [6, 6.07) is 13.0. The summed E-state index contributed by atoms with van der Waals surface area (Å²) < 4.78 is 12.4. The van der Waals surface area contributed by atoms with E-state index in [1.165, 1.54) is 12.1 Å². The minimum Gasteiger partial charge on any atom is -0.478 e. The van der Waals surface area contributed by atoms with Crippen molar-refractivity contribution in [3.8, 4) is 0 Å². The Labute approximate surface area is 147 Å². The lowest BCUT2D eigenvalue weighted by atomic mass is 10.1. The predicted molar refractivity (Wildman–Crippen MR) is 94.8 cm³/mol. The maximum atomic E-state index is 12.4. The van der Waals surface area contributed by atoms with Crippen LogP contribution in [0.2, 0.25) is 5.02 Å². The van der Waals surface area contributed by atoms with Crippen molar-refractivity contribution in [2.75, 3.05) is 5.32 Å². The summed E-state index contributed by atoms with van der Waals surface area (Å²) in [6.45, 7) is 1.56. The van der Waals surface area contributed by atoms with Crippen molar-refractivity contribution in [3.05, 3.63) is 64.7 Å². The van der Waals surface area contributed by atoms with Gasteiger partial charge in [-0.3, -0.25) is 9.00 Å². The fourth-order valence-electron chi connectivity index (χ4n) is 2.00. The predicted octanol–water partition coefficient (Wildman–Crippen LogP) is 3.31. The van der Waals surface area contributed by atoms with Gasteiger partial charge >= 0.3 is 5.97 Å². The number of benzene rings is 2. The molecule has 24 heavy (non-hydrogen) atoms. The second kappa shape index (κ2) is 8.08. The van der Waals surface area contributed by atoms with Gasteiger partial charge in [-0.05, 0) is 36.8 Å². The van der Waals surface area contributed by atoms with E-state index >= 15 is 0 Å². The van der Waals surface area contributed by atoms with E-state index in [0.29, 0.717) is 16.3 Å². The number of carboxylic acid groups (broad SMARTS) is 1. The summed E-state index contributed by atoms with van der Waals surface area (Å²) in [4.78, 5) is 23.2. The van der Waals surface area contributed by atoms with Crippen LogP contribution in [0.15, 0.2) is 48.5 Å². The molecule has 2 aromatic carbocycles. The molecule has 2 unspecified atom stereocenters. The molecule has 0 aliphatic heterocycles. The van der Waals surface area contributed by atoms with E-state index < -0.39 is 27.9 Å². The number of carbonyl (C=O) groups excluding carboxylic acids is 1. The third kappa shape index (κ3) is 4.66. The molecule has 2 rings (SSSR count). The third-order valence-electron chi connectivity index (χ3n) is 3.38. The number of hydrogen-bond acceptors (Lipinski definition) is 3. The van der Waals surface area contributed by atoms with E-state index in [1.807, 2.05) is 0 Å². The van der Waals surface area contributed by atoms with E-state index in [2.05, 4.69) is 5.32 Å². The highest BCUT2D eigenvalue weighted by Crippen LogP contribution is 2.21. The Morgan fingerprint density at radius 3 is 2.58 bits per heavy atom. The number of aromatic carboxylic acids is 1. The average Bonchev–Trinajstić information content (AvgIpc) is 2.56. The molecule has 0 bridgehead atoms. The van der Waals surface area contributed by atoms with Crippen molar-refractivity contribution in [1.82, 2.24) is 0 Å². The normalized spacial score (nSPS) is 13.1. The highest BCUT2D eigenvalue weighted by molar-refractivity contribution is 7.85. The molecule has 0 saturated carbocycles. The first-order valence-electron chi connectivity index (χ1n) is 7.13. The zero-order valence-electron chi connectivity index (χ0n) is 12.9. The summed E-state index contributed by atoms with van der Waals surface area (Å²) in [7, 11) is -1.50.